The summed E-state index contributed by atoms with van der Waals surface area (Å²) in [6.07, 6.45) is 4.37. The number of benzene rings is 1. The summed E-state index contributed by atoms with van der Waals surface area (Å²) in [5.41, 5.74) is 5.18. The third-order valence-electron chi connectivity index (χ3n) is 5.66. The quantitative estimate of drug-likeness (QED) is 0.636. The Balaban J connectivity index is 1.44. The first-order valence-electron chi connectivity index (χ1n) is 10.4. The number of methoxy groups -OCH3 is 1. The normalized spacial score (nSPS) is 14.5. The van der Waals surface area contributed by atoms with Crippen molar-refractivity contribution in [3.8, 4) is 5.75 Å². The fourth-order valence-electron chi connectivity index (χ4n) is 4.13. The molecule has 0 unspecified atom stereocenters. The lowest BCUT2D eigenvalue weighted by molar-refractivity contribution is 0.0706. The van der Waals surface area contributed by atoms with Crippen molar-refractivity contribution in [3.05, 3.63) is 89.0 Å². The van der Waals surface area contributed by atoms with Crippen molar-refractivity contribution >= 4 is 5.91 Å². The molecule has 1 amide bonds. The first kappa shape index (κ1) is 20.1. The molecule has 0 N–H and O–H groups in total. The standard InChI is InChI=1S/C25H27N3O2/c1-18-14-20(15-19-6-5-7-22(16-19)30-2)17-24(27-18)21-9-12-28(13-10-21)25(29)23-8-3-4-11-26-23/h3-8,11,14,16-17,21H,9-10,12-13,15H2,1-2H3. The van der Waals surface area contributed by atoms with Crippen molar-refractivity contribution in [1.82, 2.24) is 14.9 Å². The molecule has 1 saturated heterocycles. The van der Waals surface area contributed by atoms with E-state index < -0.39 is 0 Å². The van der Waals surface area contributed by atoms with Crippen LogP contribution in [0.1, 0.15) is 51.8 Å². The molecule has 5 nitrogen and oxygen atoms in total. The molecule has 5 heteroatoms. The minimum atomic E-state index is 0.0185. The van der Waals surface area contributed by atoms with Gasteiger partial charge in [0, 0.05) is 36.6 Å². The molecule has 1 aliphatic rings. The van der Waals surface area contributed by atoms with Gasteiger partial charge in [0.15, 0.2) is 0 Å². The molecule has 0 atom stereocenters. The van der Waals surface area contributed by atoms with E-state index in [9.17, 15) is 4.79 Å². The van der Waals surface area contributed by atoms with Gasteiger partial charge in [0.1, 0.15) is 11.4 Å². The lowest BCUT2D eigenvalue weighted by Crippen LogP contribution is -2.38. The van der Waals surface area contributed by atoms with E-state index in [1.165, 1.54) is 11.1 Å². The second-order valence-electron chi connectivity index (χ2n) is 7.85. The zero-order chi connectivity index (χ0) is 20.9. The Hall–Kier alpha value is -3.21. The first-order chi connectivity index (χ1) is 14.6. The first-order valence-corrected chi connectivity index (χ1v) is 10.4. The van der Waals surface area contributed by atoms with Crippen molar-refractivity contribution in [2.75, 3.05) is 20.2 Å². The van der Waals surface area contributed by atoms with Crippen molar-refractivity contribution in [1.29, 1.82) is 0 Å². The van der Waals surface area contributed by atoms with Gasteiger partial charge in [-0.3, -0.25) is 14.8 Å². The number of likely N-dealkylation sites (tertiary alicyclic amines) is 1. The van der Waals surface area contributed by atoms with Crippen LogP contribution >= 0.6 is 0 Å². The summed E-state index contributed by atoms with van der Waals surface area (Å²) in [6.45, 7) is 3.53. The highest BCUT2D eigenvalue weighted by atomic mass is 16.5. The summed E-state index contributed by atoms with van der Waals surface area (Å²) < 4.78 is 5.35. The predicted molar refractivity (Wildman–Crippen MR) is 117 cm³/mol. The fraction of sp³-hybridized carbons (Fsp3) is 0.320. The molecule has 0 saturated carbocycles. The number of ether oxygens (including phenoxy) is 1. The third-order valence-corrected chi connectivity index (χ3v) is 5.66. The Morgan fingerprint density at radius 1 is 1.07 bits per heavy atom. The van der Waals surface area contributed by atoms with Gasteiger partial charge in [0.2, 0.25) is 0 Å². The lowest BCUT2D eigenvalue weighted by Gasteiger charge is -2.31. The topological polar surface area (TPSA) is 55.3 Å². The molecule has 30 heavy (non-hydrogen) atoms. The number of amides is 1. The second kappa shape index (κ2) is 9.08. The number of hydrogen-bond donors (Lipinski definition) is 0. The van der Waals surface area contributed by atoms with Gasteiger partial charge in [0.05, 0.1) is 7.11 Å². The van der Waals surface area contributed by atoms with Gasteiger partial charge < -0.3 is 9.64 Å². The Labute approximate surface area is 177 Å². The number of rotatable bonds is 5. The third kappa shape index (κ3) is 4.67. The van der Waals surface area contributed by atoms with Crippen LogP contribution < -0.4 is 4.74 Å². The number of hydrogen-bond acceptors (Lipinski definition) is 4. The number of aromatic nitrogens is 2. The highest BCUT2D eigenvalue weighted by Crippen LogP contribution is 2.29. The van der Waals surface area contributed by atoms with Gasteiger partial charge in [-0.2, -0.15) is 0 Å². The zero-order valence-electron chi connectivity index (χ0n) is 17.5. The van der Waals surface area contributed by atoms with Crippen LogP contribution in [-0.2, 0) is 6.42 Å². The highest BCUT2D eigenvalue weighted by Gasteiger charge is 2.26. The molecule has 154 valence electrons. The average Bonchev–Trinajstić information content (AvgIpc) is 2.79. The molecule has 4 rings (SSSR count). The molecule has 0 aliphatic carbocycles. The van der Waals surface area contributed by atoms with Crippen LogP contribution in [0.15, 0.2) is 60.8 Å². The van der Waals surface area contributed by atoms with E-state index in [0.29, 0.717) is 11.6 Å². The van der Waals surface area contributed by atoms with E-state index in [2.05, 4.69) is 36.2 Å². The van der Waals surface area contributed by atoms with Crippen LogP contribution in [0.25, 0.3) is 0 Å². The SMILES string of the molecule is COc1cccc(Cc2cc(C)nc(C3CCN(C(=O)c4ccccn4)CC3)c2)c1. The van der Waals surface area contributed by atoms with Crippen LogP contribution in [-0.4, -0.2) is 41.0 Å². The van der Waals surface area contributed by atoms with Gasteiger partial charge in [-0.25, -0.2) is 0 Å². The molecule has 0 radical (unpaired) electrons. The minimum Gasteiger partial charge on any atom is -0.497 e. The summed E-state index contributed by atoms with van der Waals surface area (Å²) in [4.78, 5) is 23.6. The minimum absolute atomic E-state index is 0.0185. The fourth-order valence-corrected chi connectivity index (χ4v) is 4.13. The Morgan fingerprint density at radius 3 is 2.63 bits per heavy atom. The van der Waals surface area contributed by atoms with E-state index >= 15 is 0 Å². The summed E-state index contributed by atoms with van der Waals surface area (Å²) in [7, 11) is 1.69. The van der Waals surface area contributed by atoms with Gasteiger partial charge in [-0.1, -0.05) is 18.2 Å². The van der Waals surface area contributed by atoms with Crippen LogP contribution in [0, 0.1) is 6.92 Å². The Morgan fingerprint density at radius 2 is 1.90 bits per heavy atom. The van der Waals surface area contributed by atoms with E-state index in [1.807, 2.05) is 29.2 Å². The molecule has 3 heterocycles. The molecule has 1 aromatic carbocycles. The molecule has 1 fully saturated rings. The number of pyridine rings is 2. The van der Waals surface area contributed by atoms with Gasteiger partial charge in [0.25, 0.3) is 5.91 Å². The molecular weight excluding hydrogens is 374 g/mol. The molecule has 0 bridgehead atoms. The number of piperidine rings is 1. The highest BCUT2D eigenvalue weighted by molar-refractivity contribution is 5.92. The van der Waals surface area contributed by atoms with E-state index in [4.69, 9.17) is 9.72 Å². The van der Waals surface area contributed by atoms with Crippen LogP contribution in [0.2, 0.25) is 0 Å². The zero-order valence-corrected chi connectivity index (χ0v) is 17.5. The molecule has 3 aromatic rings. The maximum Gasteiger partial charge on any atom is 0.272 e. The Kier molecular flexibility index (Phi) is 6.07. The molecule has 0 spiro atoms. The van der Waals surface area contributed by atoms with E-state index in [-0.39, 0.29) is 5.91 Å². The summed E-state index contributed by atoms with van der Waals surface area (Å²) in [6, 6.07) is 18.0. The van der Waals surface area contributed by atoms with Crippen molar-refractivity contribution < 1.29 is 9.53 Å². The van der Waals surface area contributed by atoms with E-state index in [1.54, 1.807) is 19.4 Å². The largest absolute Gasteiger partial charge is 0.497 e. The number of carbonyl (C=O) groups excluding carboxylic acids is 1. The predicted octanol–water partition coefficient (Wildman–Crippen LogP) is 4.40. The van der Waals surface area contributed by atoms with Gasteiger partial charge in [-0.05, 0) is 73.7 Å². The molecular formula is C25H27N3O2. The van der Waals surface area contributed by atoms with Gasteiger partial charge in [-0.15, -0.1) is 0 Å². The Bertz CT molecular complexity index is 1010. The van der Waals surface area contributed by atoms with Gasteiger partial charge >= 0.3 is 0 Å². The summed E-state index contributed by atoms with van der Waals surface area (Å²) in [5.74, 6) is 1.27. The van der Waals surface area contributed by atoms with Crippen LogP contribution in [0.4, 0.5) is 0 Å². The monoisotopic (exact) mass is 401 g/mol. The van der Waals surface area contributed by atoms with E-state index in [0.717, 1.165) is 49.5 Å². The van der Waals surface area contributed by atoms with Crippen molar-refractivity contribution in [3.63, 3.8) is 0 Å². The van der Waals surface area contributed by atoms with Crippen molar-refractivity contribution in [2.24, 2.45) is 0 Å². The average molecular weight is 402 g/mol. The summed E-state index contributed by atoms with van der Waals surface area (Å²) in [5, 5.41) is 0. The molecule has 2 aromatic heterocycles. The van der Waals surface area contributed by atoms with Crippen molar-refractivity contribution in [2.45, 2.75) is 32.1 Å². The van der Waals surface area contributed by atoms with Crippen LogP contribution in [0.5, 0.6) is 5.75 Å². The number of aryl methyl sites for hydroxylation is 1. The smallest absolute Gasteiger partial charge is 0.272 e. The second-order valence-corrected chi connectivity index (χ2v) is 7.85. The lowest BCUT2D eigenvalue weighted by atomic mass is 9.91. The maximum absolute atomic E-state index is 12.6. The number of nitrogens with zero attached hydrogens (tertiary/aromatic N) is 3. The molecule has 1 aliphatic heterocycles. The van der Waals surface area contributed by atoms with Crippen LogP contribution in [0.3, 0.4) is 0 Å². The summed E-state index contributed by atoms with van der Waals surface area (Å²) >= 11 is 0. The number of carbonyl (C=O) groups is 1. The maximum atomic E-state index is 12.6.